The summed E-state index contributed by atoms with van der Waals surface area (Å²) in [6.07, 6.45) is 1.77. The van der Waals surface area contributed by atoms with Crippen LogP contribution in [0.3, 0.4) is 0 Å². The number of hydrogen-bond donors (Lipinski definition) is 0. The van der Waals surface area contributed by atoms with Gasteiger partial charge in [-0.2, -0.15) is 33.7 Å². The van der Waals surface area contributed by atoms with Crippen LogP contribution in [-0.4, -0.2) is 33.7 Å². The van der Waals surface area contributed by atoms with Gasteiger partial charge in [0.1, 0.15) is 0 Å². The normalized spacial score (nSPS) is 19.4. The lowest BCUT2D eigenvalue weighted by Crippen LogP contribution is -2.14. The fourth-order valence-corrected chi connectivity index (χ4v) is 9.28. The summed E-state index contributed by atoms with van der Waals surface area (Å²) in [6.45, 7) is 0. The Hall–Kier alpha value is -3.40. The van der Waals surface area contributed by atoms with Gasteiger partial charge in [-0.3, -0.25) is 0 Å². The molecule has 220 valence electrons. The third kappa shape index (κ3) is 6.80. The van der Waals surface area contributed by atoms with E-state index in [0.717, 1.165) is 22.3 Å². The van der Waals surface area contributed by atoms with E-state index in [1.54, 1.807) is 0 Å². The molecule has 0 aliphatic carbocycles. The Bertz CT molecular complexity index is 1730. The van der Waals surface area contributed by atoms with Gasteiger partial charge in [0.25, 0.3) is 0 Å². The average molecular weight is 649 g/mol. The number of rotatable bonds is 0. The van der Waals surface area contributed by atoms with Crippen LogP contribution >= 0.6 is 0 Å². The first-order valence-electron chi connectivity index (χ1n) is 12.5. The van der Waals surface area contributed by atoms with Crippen molar-refractivity contribution in [2.24, 2.45) is 0 Å². The second kappa shape index (κ2) is 11.4. The van der Waals surface area contributed by atoms with Crippen molar-refractivity contribution in [2.75, 3.05) is 0 Å². The molecule has 0 amide bonds. The summed E-state index contributed by atoms with van der Waals surface area (Å²) in [5.41, 5.74) is 2.91. The molecule has 7 aliphatic heterocycles. The molecule has 0 fully saturated rings. The summed E-state index contributed by atoms with van der Waals surface area (Å²) in [6, 6.07) is 22.1. The van der Waals surface area contributed by atoms with E-state index in [-0.39, 0.29) is 19.6 Å². The second-order valence-electron chi connectivity index (χ2n) is 9.53. The third-order valence-electron chi connectivity index (χ3n) is 6.61. The van der Waals surface area contributed by atoms with Crippen molar-refractivity contribution in [1.82, 2.24) is 0 Å². The minimum Gasteiger partial charge on any atom is -0.193 e. The van der Waals surface area contributed by atoms with Crippen LogP contribution in [0.4, 0.5) is 0 Å². The van der Waals surface area contributed by atoms with E-state index in [4.69, 9.17) is 0 Å². The van der Waals surface area contributed by atoms with Crippen LogP contribution in [0.25, 0.3) is 0 Å². The average Bonchev–Trinajstić information content (AvgIpc) is 2.94. The zero-order valence-corrected chi connectivity index (χ0v) is 25.0. The Morgan fingerprint density at radius 2 is 0.476 bits per heavy atom. The van der Waals surface area contributed by atoms with Crippen LogP contribution in [0.1, 0.15) is 22.3 Å². The Balaban J connectivity index is 1.48. The van der Waals surface area contributed by atoms with Gasteiger partial charge in [-0.1, -0.05) is 48.5 Å². The van der Waals surface area contributed by atoms with Crippen LogP contribution in [0.15, 0.2) is 117 Å². The molecule has 0 spiro atoms. The molecule has 0 unspecified atom stereocenters. The van der Waals surface area contributed by atoms with E-state index in [1.165, 1.54) is 97.1 Å². The highest BCUT2D eigenvalue weighted by Gasteiger charge is 2.28. The SMILES string of the molecule is O=S1(=O)OS(=O)(=O)c2ccc(cc2)CCc2ccc(cc2)S(=O)(=O)OS(=O)(=O)c2ccc(cc2)CCc2ccc1cc2. The molecule has 0 saturated carbocycles. The maximum absolute atomic E-state index is 12.7. The van der Waals surface area contributed by atoms with Gasteiger partial charge in [0.2, 0.25) is 0 Å². The predicted molar refractivity (Wildman–Crippen MR) is 151 cm³/mol. The van der Waals surface area contributed by atoms with Gasteiger partial charge >= 0.3 is 40.5 Å². The molecular formula is C28H24O10S4. The molecule has 10 nitrogen and oxygen atoms in total. The van der Waals surface area contributed by atoms with Crippen LogP contribution in [0, 0.1) is 0 Å². The quantitative estimate of drug-likeness (QED) is 0.275. The van der Waals surface area contributed by atoms with Crippen molar-refractivity contribution in [3.63, 3.8) is 0 Å². The van der Waals surface area contributed by atoms with E-state index in [2.05, 4.69) is 7.26 Å². The summed E-state index contributed by atoms with van der Waals surface area (Å²) < 4.78 is 111. The van der Waals surface area contributed by atoms with Gasteiger partial charge in [0.15, 0.2) is 0 Å². The summed E-state index contributed by atoms with van der Waals surface area (Å²) in [4.78, 5) is -1.32. The van der Waals surface area contributed by atoms with Crippen molar-refractivity contribution in [3.05, 3.63) is 119 Å². The Morgan fingerprint density at radius 1 is 0.310 bits per heavy atom. The maximum Gasteiger partial charge on any atom is 0.311 e. The van der Waals surface area contributed by atoms with Crippen LogP contribution in [0.2, 0.25) is 0 Å². The van der Waals surface area contributed by atoms with Crippen LogP contribution < -0.4 is 0 Å². The first-order valence-corrected chi connectivity index (χ1v) is 18.1. The van der Waals surface area contributed by atoms with Gasteiger partial charge in [0.05, 0.1) is 19.6 Å². The lowest BCUT2D eigenvalue weighted by atomic mass is 10.0. The van der Waals surface area contributed by atoms with Gasteiger partial charge in [0, 0.05) is 0 Å². The molecule has 14 heteroatoms. The number of benzene rings is 4. The van der Waals surface area contributed by atoms with E-state index in [0.29, 0.717) is 25.7 Å². The molecule has 7 heterocycles. The fraction of sp³-hybridized carbons (Fsp3) is 0.143. The van der Waals surface area contributed by atoms with E-state index < -0.39 is 40.5 Å². The second-order valence-corrected chi connectivity index (χ2v) is 16.1. The smallest absolute Gasteiger partial charge is 0.193 e. The molecule has 0 atom stereocenters. The molecule has 7 aliphatic rings. The molecule has 0 N–H and O–H groups in total. The lowest BCUT2D eigenvalue weighted by molar-refractivity contribution is 0.458. The van der Waals surface area contributed by atoms with E-state index in [9.17, 15) is 33.7 Å². The highest BCUT2D eigenvalue weighted by Crippen LogP contribution is 2.24. The molecule has 11 rings (SSSR count). The highest BCUT2D eigenvalue weighted by atomic mass is 32.3. The largest absolute Gasteiger partial charge is 0.311 e. The van der Waals surface area contributed by atoms with Gasteiger partial charge < -0.3 is 0 Å². The van der Waals surface area contributed by atoms with Crippen molar-refractivity contribution >= 4 is 40.5 Å². The number of aryl methyl sites for hydroxylation is 4. The molecule has 8 bridgehead atoms. The maximum atomic E-state index is 12.7. The third-order valence-corrected chi connectivity index (χ3v) is 12.9. The fourth-order valence-electron chi connectivity index (χ4n) is 4.26. The minimum atomic E-state index is -4.63. The molecule has 42 heavy (non-hydrogen) atoms. The summed E-state index contributed by atoms with van der Waals surface area (Å²) >= 11 is 0. The highest BCUT2D eigenvalue weighted by molar-refractivity contribution is 8.00. The van der Waals surface area contributed by atoms with Crippen LogP contribution in [-0.2, 0) is 73.4 Å². The van der Waals surface area contributed by atoms with Crippen LogP contribution in [0.5, 0.6) is 0 Å². The molecule has 0 aromatic heterocycles. The van der Waals surface area contributed by atoms with Gasteiger partial charge in [-0.25, -0.2) is 0 Å². The Morgan fingerprint density at radius 3 is 0.643 bits per heavy atom. The van der Waals surface area contributed by atoms with E-state index in [1.807, 2.05) is 0 Å². The lowest BCUT2D eigenvalue weighted by Gasteiger charge is -2.10. The zero-order chi connectivity index (χ0) is 30.2. The van der Waals surface area contributed by atoms with E-state index >= 15 is 0 Å². The van der Waals surface area contributed by atoms with Crippen molar-refractivity contribution in [1.29, 1.82) is 0 Å². The first kappa shape index (κ1) is 30.1. The molecule has 0 saturated heterocycles. The summed E-state index contributed by atoms with van der Waals surface area (Å²) in [7, 11) is -18.5. The molecule has 4 aromatic rings. The molecular weight excluding hydrogens is 625 g/mol. The van der Waals surface area contributed by atoms with Gasteiger partial charge in [-0.05, 0) is 96.5 Å². The summed E-state index contributed by atoms with van der Waals surface area (Å²) in [5.74, 6) is 0. The summed E-state index contributed by atoms with van der Waals surface area (Å²) in [5, 5.41) is 0. The monoisotopic (exact) mass is 648 g/mol. The number of hydrogen-bond acceptors (Lipinski definition) is 10. The first-order chi connectivity index (χ1) is 19.7. The Labute approximate surface area is 245 Å². The molecule has 0 radical (unpaired) electrons. The predicted octanol–water partition coefficient (Wildman–Crippen LogP) is 3.76. The van der Waals surface area contributed by atoms with Gasteiger partial charge in [-0.15, -0.1) is 7.26 Å². The van der Waals surface area contributed by atoms with Crippen molar-refractivity contribution in [2.45, 2.75) is 45.3 Å². The van der Waals surface area contributed by atoms with Crippen molar-refractivity contribution < 1.29 is 40.9 Å². The zero-order valence-electron chi connectivity index (χ0n) is 21.8. The standard InChI is InChI=1S/C28H24O10S4/c29-39(30)25-13-5-21(6-14-25)1-2-22-7-15-26(16-8-22)40(31,32)38-42(35,36)28-19-11-24(12-20-28)4-3-23-9-17-27(18-10-23)41(33,34)37-39/h5-20H,1-4H2. The topological polar surface area (TPSA) is 155 Å². The minimum absolute atomic E-state index is 0.330. The van der Waals surface area contributed by atoms with Crippen molar-refractivity contribution in [3.8, 4) is 0 Å². The Kier molecular flexibility index (Phi) is 8.13. The molecule has 4 aromatic carbocycles.